The molecule has 3 aromatic rings. The van der Waals surface area contributed by atoms with Crippen molar-refractivity contribution in [3.05, 3.63) is 83.7 Å². The van der Waals surface area contributed by atoms with Gasteiger partial charge in [0.25, 0.3) is 11.8 Å². The molecule has 0 radical (unpaired) electrons. The van der Waals surface area contributed by atoms with Gasteiger partial charge in [-0.15, -0.1) is 0 Å². The maximum Gasteiger partial charge on any atom is 0.262 e. The number of amides is 2. The minimum atomic E-state index is -0.282. The number of nitrogens with zero attached hydrogens (tertiary/aromatic N) is 1. The summed E-state index contributed by atoms with van der Waals surface area (Å²) in [5.41, 5.74) is 3.71. The minimum Gasteiger partial charge on any atom is -0.483 e. The van der Waals surface area contributed by atoms with E-state index < -0.39 is 0 Å². The summed E-state index contributed by atoms with van der Waals surface area (Å²) >= 11 is 0. The Kier molecular flexibility index (Phi) is 6.01. The van der Waals surface area contributed by atoms with Crippen molar-refractivity contribution in [1.82, 2.24) is 4.98 Å². The Balaban J connectivity index is 1.57. The Labute approximate surface area is 163 Å². The van der Waals surface area contributed by atoms with E-state index >= 15 is 0 Å². The van der Waals surface area contributed by atoms with Gasteiger partial charge in [-0.3, -0.25) is 14.6 Å². The molecule has 0 aliphatic carbocycles. The van der Waals surface area contributed by atoms with Crippen LogP contribution in [0.25, 0.3) is 0 Å². The van der Waals surface area contributed by atoms with Crippen LogP contribution in [0.3, 0.4) is 0 Å². The van der Waals surface area contributed by atoms with Crippen molar-refractivity contribution >= 4 is 23.2 Å². The van der Waals surface area contributed by atoms with Gasteiger partial charge in [-0.2, -0.15) is 0 Å². The molecule has 2 amide bonds. The highest BCUT2D eigenvalue weighted by molar-refractivity contribution is 6.04. The number of carbonyl (C=O) groups excluding carboxylic acids is 2. The maximum atomic E-state index is 12.2. The van der Waals surface area contributed by atoms with E-state index in [0.717, 1.165) is 11.1 Å². The number of rotatable bonds is 6. The molecular formula is C22H21N3O3. The first kappa shape index (κ1) is 19.1. The van der Waals surface area contributed by atoms with E-state index in [4.69, 9.17) is 4.74 Å². The van der Waals surface area contributed by atoms with E-state index in [9.17, 15) is 9.59 Å². The Morgan fingerprint density at radius 3 is 2.46 bits per heavy atom. The van der Waals surface area contributed by atoms with E-state index in [0.29, 0.717) is 22.7 Å². The number of hydrogen-bond donors (Lipinski definition) is 2. The lowest BCUT2D eigenvalue weighted by molar-refractivity contribution is -0.118. The van der Waals surface area contributed by atoms with Crippen LogP contribution in [0.4, 0.5) is 11.4 Å². The van der Waals surface area contributed by atoms with Gasteiger partial charge in [-0.05, 0) is 55.8 Å². The van der Waals surface area contributed by atoms with Crippen molar-refractivity contribution in [2.24, 2.45) is 0 Å². The molecule has 0 aliphatic heterocycles. The molecular weight excluding hydrogens is 354 g/mol. The summed E-state index contributed by atoms with van der Waals surface area (Å²) in [7, 11) is 0. The molecule has 0 saturated carbocycles. The summed E-state index contributed by atoms with van der Waals surface area (Å²) in [6, 6.07) is 16.1. The topological polar surface area (TPSA) is 80.3 Å². The largest absolute Gasteiger partial charge is 0.483 e. The first-order valence-electron chi connectivity index (χ1n) is 8.82. The highest BCUT2D eigenvalue weighted by atomic mass is 16.5. The first-order chi connectivity index (χ1) is 13.5. The molecule has 3 rings (SSSR count). The standard InChI is InChI=1S/C22H21N3O3/c1-15-8-9-20(16(2)11-15)28-14-21(26)24-18-6-3-7-19(12-18)25-22(27)17-5-4-10-23-13-17/h3-13H,14H2,1-2H3,(H,24,26)(H,25,27). The van der Waals surface area contributed by atoms with Crippen LogP contribution >= 0.6 is 0 Å². The van der Waals surface area contributed by atoms with Crippen LogP contribution in [0.15, 0.2) is 67.0 Å². The van der Waals surface area contributed by atoms with Gasteiger partial charge in [0.15, 0.2) is 6.61 Å². The van der Waals surface area contributed by atoms with Crippen molar-refractivity contribution in [2.45, 2.75) is 13.8 Å². The molecule has 28 heavy (non-hydrogen) atoms. The second kappa shape index (κ2) is 8.81. The zero-order valence-corrected chi connectivity index (χ0v) is 15.7. The predicted octanol–water partition coefficient (Wildman–Crippen LogP) is 3.97. The Morgan fingerprint density at radius 1 is 0.964 bits per heavy atom. The van der Waals surface area contributed by atoms with Crippen LogP contribution in [0.1, 0.15) is 21.5 Å². The molecule has 1 aromatic heterocycles. The average Bonchev–Trinajstić information content (AvgIpc) is 2.68. The van der Waals surface area contributed by atoms with Crippen LogP contribution < -0.4 is 15.4 Å². The van der Waals surface area contributed by atoms with Gasteiger partial charge in [0, 0.05) is 23.8 Å². The van der Waals surface area contributed by atoms with Crippen molar-refractivity contribution < 1.29 is 14.3 Å². The van der Waals surface area contributed by atoms with Crippen molar-refractivity contribution in [3.63, 3.8) is 0 Å². The summed E-state index contributed by atoms with van der Waals surface area (Å²) in [5.74, 6) is 0.128. The van der Waals surface area contributed by atoms with E-state index in [-0.39, 0.29) is 18.4 Å². The fourth-order valence-corrected chi connectivity index (χ4v) is 2.68. The summed E-state index contributed by atoms with van der Waals surface area (Å²) in [6.07, 6.45) is 3.10. The third kappa shape index (κ3) is 5.17. The van der Waals surface area contributed by atoms with E-state index in [1.165, 1.54) is 6.20 Å². The smallest absolute Gasteiger partial charge is 0.262 e. The molecule has 6 nitrogen and oxygen atoms in total. The molecule has 2 aromatic carbocycles. The quantitative estimate of drug-likeness (QED) is 0.683. The number of carbonyl (C=O) groups is 2. The summed E-state index contributed by atoms with van der Waals surface area (Å²) in [5, 5.41) is 5.55. The summed E-state index contributed by atoms with van der Waals surface area (Å²) in [4.78, 5) is 28.3. The third-order valence-electron chi connectivity index (χ3n) is 4.02. The molecule has 0 bridgehead atoms. The number of hydrogen-bond acceptors (Lipinski definition) is 4. The van der Waals surface area contributed by atoms with Gasteiger partial charge in [0.05, 0.1) is 5.56 Å². The second-order valence-corrected chi connectivity index (χ2v) is 6.38. The van der Waals surface area contributed by atoms with Gasteiger partial charge in [0.1, 0.15) is 5.75 Å². The molecule has 0 aliphatic rings. The fraction of sp³-hybridized carbons (Fsp3) is 0.136. The van der Waals surface area contributed by atoms with Crippen LogP contribution in [-0.4, -0.2) is 23.4 Å². The molecule has 142 valence electrons. The van der Waals surface area contributed by atoms with Gasteiger partial charge < -0.3 is 15.4 Å². The monoisotopic (exact) mass is 375 g/mol. The number of anilines is 2. The highest BCUT2D eigenvalue weighted by Gasteiger charge is 2.08. The van der Waals surface area contributed by atoms with Gasteiger partial charge in [-0.25, -0.2) is 0 Å². The molecule has 2 N–H and O–H groups in total. The number of benzene rings is 2. The first-order valence-corrected chi connectivity index (χ1v) is 8.82. The van der Waals surface area contributed by atoms with E-state index in [1.54, 1.807) is 42.6 Å². The van der Waals surface area contributed by atoms with E-state index in [1.807, 2.05) is 32.0 Å². The lowest BCUT2D eigenvalue weighted by Crippen LogP contribution is -2.20. The summed E-state index contributed by atoms with van der Waals surface area (Å²) < 4.78 is 5.59. The fourth-order valence-electron chi connectivity index (χ4n) is 2.68. The Bertz CT molecular complexity index is 987. The molecule has 0 spiro atoms. The van der Waals surface area contributed by atoms with Crippen LogP contribution in [0.5, 0.6) is 5.75 Å². The van der Waals surface area contributed by atoms with Crippen LogP contribution in [0, 0.1) is 13.8 Å². The number of nitrogens with one attached hydrogen (secondary N) is 2. The van der Waals surface area contributed by atoms with Gasteiger partial charge in [0.2, 0.25) is 0 Å². The Morgan fingerprint density at radius 2 is 1.75 bits per heavy atom. The zero-order valence-electron chi connectivity index (χ0n) is 15.7. The molecule has 0 atom stereocenters. The second-order valence-electron chi connectivity index (χ2n) is 6.38. The molecule has 0 fully saturated rings. The molecule has 0 unspecified atom stereocenters. The van der Waals surface area contributed by atoms with Gasteiger partial charge in [-0.1, -0.05) is 23.8 Å². The predicted molar refractivity (Wildman–Crippen MR) is 109 cm³/mol. The van der Waals surface area contributed by atoms with E-state index in [2.05, 4.69) is 15.6 Å². The zero-order chi connectivity index (χ0) is 19.9. The SMILES string of the molecule is Cc1ccc(OCC(=O)Nc2cccc(NC(=O)c3cccnc3)c2)c(C)c1. The number of aromatic nitrogens is 1. The van der Waals surface area contributed by atoms with Crippen molar-refractivity contribution in [3.8, 4) is 5.75 Å². The van der Waals surface area contributed by atoms with Crippen molar-refractivity contribution in [1.29, 1.82) is 0 Å². The number of aryl methyl sites for hydroxylation is 2. The molecule has 6 heteroatoms. The Hall–Kier alpha value is -3.67. The van der Waals surface area contributed by atoms with Crippen molar-refractivity contribution in [2.75, 3.05) is 17.2 Å². The third-order valence-corrected chi connectivity index (χ3v) is 4.02. The van der Waals surface area contributed by atoms with Crippen LogP contribution in [-0.2, 0) is 4.79 Å². The lowest BCUT2D eigenvalue weighted by Gasteiger charge is -2.11. The average molecular weight is 375 g/mol. The van der Waals surface area contributed by atoms with Gasteiger partial charge >= 0.3 is 0 Å². The highest BCUT2D eigenvalue weighted by Crippen LogP contribution is 2.19. The van der Waals surface area contributed by atoms with Crippen LogP contribution in [0.2, 0.25) is 0 Å². The number of pyridine rings is 1. The lowest BCUT2D eigenvalue weighted by atomic mass is 10.1. The number of ether oxygens (including phenoxy) is 1. The maximum absolute atomic E-state index is 12.2. The normalized spacial score (nSPS) is 10.2. The molecule has 1 heterocycles. The molecule has 0 saturated heterocycles. The minimum absolute atomic E-state index is 0.101. The summed E-state index contributed by atoms with van der Waals surface area (Å²) in [6.45, 7) is 3.84.